The van der Waals surface area contributed by atoms with E-state index in [-0.39, 0.29) is 40.8 Å². The van der Waals surface area contributed by atoms with Crippen LogP contribution in [0, 0.1) is 0 Å². The molecule has 0 aliphatic heterocycles. The van der Waals surface area contributed by atoms with E-state index in [4.69, 9.17) is 4.42 Å². The predicted octanol–water partition coefficient (Wildman–Crippen LogP) is 2.58. The number of benzene rings is 2. The largest absolute Gasteiger partial charge is 0.516 e. The average Bonchev–Trinajstić information content (AvgIpc) is 3.42. The molecule has 0 saturated carbocycles. The van der Waals surface area contributed by atoms with E-state index in [1.165, 1.54) is 25.2 Å². The van der Waals surface area contributed by atoms with Crippen molar-refractivity contribution in [2.45, 2.75) is 30.6 Å². The summed E-state index contributed by atoms with van der Waals surface area (Å²) in [7, 11) is -4.92. The standard InChI is InChI=1S/C24H16F6N4O7S/c1-32-17-7-5-11(9-18(17)41-22(32)38)33-10-14(19(35)31-42(39,40)24(28,29)30)20(36)34(21(33)37)16-8-6-12-13(16)3-2-4-15(12)23(25,26)27/h2-5,7,9-10,16H,6,8H2,1H3,(H,31,35). The molecule has 1 unspecified atom stereocenters. The fourth-order valence-electron chi connectivity index (χ4n) is 4.86. The Bertz CT molecular complexity index is 2070. The van der Waals surface area contributed by atoms with Crippen molar-refractivity contribution in [2.24, 2.45) is 7.05 Å². The van der Waals surface area contributed by atoms with Crippen molar-refractivity contribution in [3.63, 3.8) is 0 Å². The fourth-order valence-corrected chi connectivity index (χ4v) is 5.33. The van der Waals surface area contributed by atoms with Crippen LogP contribution in [0.2, 0.25) is 0 Å². The van der Waals surface area contributed by atoms with Crippen LogP contribution in [-0.4, -0.2) is 33.5 Å². The number of aryl methyl sites for hydroxylation is 1. The molecule has 0 radical (unpaired) electrons. The molecule has 4 aromatic rings. The maximum atomic E-state index is 13.7. The molecule has 1 atom stereocenters. The Labute approximate surface area is 229 Å². The summed E-state index contributed by atoms with van der Waals surface area (Å²) in [6, 6.07) is 5.34. The molecule has 11 nitrogen and oxygen atoms in total. The van der Waals surface area contributed by atoms with Crippen LogP contribution >= 0.6 is 0 Å². The second-order valence-corrected chi connectivity index (χ2v) is 10.9. The zero-order valence-electron chi connectivity index (χ0n) is 20.9. The van der Waals surface area contributed by atoms with Crippen molar-refractivity contribution >= 4 is 27.0 Å². The summed E-state index contributed by atoms with van der Waals surface area (Å²) in [5.41, 5.74) is -11.3. The smallest absolute Gasteiger partial charge is 0.408 e. The minimum absolute atomic E-state index is 0.0728. The van der Waals surface area contributed by atoms with Crippen molar-refractivity contribution < 1.29 is 44.0 Å². The molecule has 0 saturated heterocycles. The number of carbonyl (C=O) groups is 1. The number of hydrogen-bond acceptors (Lipinski definition) is 7. The van der Waals surface area contributed by atoms with Crippen LogP contribution in [0.5, 0.6) is 0 Å². The Hall–Kier alpha value is -4.61. The van der Waals surface area contributed by atoms with Gasteiger partial charge in [0.2, 0.25) is 0 Å². The highest BCUT2D eigenvalue weighted by Gasteiger charge is 2.47. The summed E-state index contributed by atoms with van der Waals surface area (Å²) >= 11 is 0. The van der Waals surface area contributed by atoms with Gasteiger partial charge in [-0.2, -0.15) is 34.8 Å². The SMILES string of the molecule is Cn1c(=O)oc2cc(-n3cc(C(=O)NS(=O)(=O)C(F)(F)F)c(=O)n(C4CCc5c4cccc5C(F)(F)F)c3=O)ccc21. The number of halogens is 6. The van der Waals surface area contributed by atoms with Gasteiger partial charge in [-0.3, -0.25) is 23.3 Å². The predicted molar refractivity (Wildman–Crippen MR) is 132 cm³/mol. The third kappa shape index (κ3) is 4.60. The number of aromatic nitrogens is 3. The van der Waals surface area contributed by atoms with Gasteiger partial charge in [-0.15, -0.1) is 0 Å². The highest BCUT2D eigenvalue weighted by Crippen LogP contribution is 2.41. The Kier molecular flexibility index (Phi) is 6.51. The number of amides is 1. The zero-order chi connectivity index (χ0) is 30.9. The van der Waals surface area contributed by atoms with E-state index in [0.29, 0.717) is 15.3 Å². The van der Waals surface area contributed by atoms with Gasteiger partial charge < -0.3 is 4.42 Å². The second-order valence-electron chi connectivity index (χ2n) is 9.26. The molecule has 2 aromatic heterocycles. The van der Waals surface area contributed by atoms with Crippen molar-refractivity contribution in [1.82, 2.24) is 18.4 Å². The van der Waals surface area contributed by atoms with Gasteiger partial charge in [0, 0.05) is 19.3 Å². The topological polar surface area (TPSA) is 142 Å². The Morgan fingerprint density at radius 2 is 1.74 bits per heavy atom. The molecule has 42 heavy (non-hydrogen) atoms. The molecule has 222 valence electrons. The maximum Gasteiger partial charge on any atom is 0.516 e. The van der Waals surface area contributed by atoms with E-state index >= 15 is 0 Å². The van der Waals surface area contributed by atoms with Gasteiger partial charge in [-0.25, -0.2) is 14.3 Å². The van der Waals surface area contributed by atoms with Gasteiger partial charge in [-0.05, 0) is 42.2 Å². The molecule has 2 aromatic carbocycles. The third-order valence-electron chi connectivity index (χ3n) is 6.81. The average molecular weight is 618 g/mol. The van der Waals surface area contributed by atoms with Crippen LogP contribution < -0.4 is 21.7 Å². The Balaban J connectivity index is 1.77. The summed E-state index contributed by atoms with van der Waals surface area (Å²) in [4.78, 5) is 51.7. The number of oxazole rings is 1. The van der Waals surface area contributed by atoms with Crippen LogP contribution in [0.1, 0.15) is 39.5 Å². The van der Waals surface area contributed by atoms with Crippen molar-refractivity contribution in [3.05, 3.63) is 96.2 Å². The molecular formula is C24H16F6N4O7S. The number of alkyl halides is 6. The first-order valence-corrected chi connectivity index (χ1v) is 13.2. The van der Waals surface area contributed by atoms with Gasteiger partial charge in [0.15, 0.2) is 5.58 Å². The minimum atomic E-state index is -6.30. The lowest BCUT2D eigenvalue weighted by Crippen LogP contribution is -2.47. The van der Waals surface area contributed by atoms with Crippen molar-refractivity contribution in [3.8, 4) is 5.69 Å². The lowest BCUT2D eigenvalue weighted by atomic mass is 10.0. The summed E-state index contributed by atoms with van der Waals surface area (Å²) in [5.74, 6) is -2.84. The Morgan fingerprint density at radius 1 is 1.05 bits per heavy atom. The van der Waals surface area contributed by atoms with Crippen LogP contribution in [-0.2, 0) is 29.7 Å². The van der Waals surface area contributed by atoms with Crippen LogP contribution in [0.4, 0.5) is 26.3 Å². The number of nitrogens with zero attached hydrogens (tertiary/aromatic N) is 3. The molecule has 2 heterocycles. The van der Waals surface area contributed by atoms with Crippen LogP contribution in [0.25, 0.3) is 16.8 Å². The first-order valence-electron chi connectivity index (χ1n) is 11.7. The second kappa shape index (κ2) is 9.47. The van der Waals surface area contributed by atoms with Crippen LogP contribution in [0.3, 0.4) is 0 Å². The molecular weight excluding hydrogens is 602 g/mol. The van der Waals surface area contributed by atoms with E-state index < -0.39 is 61.8 Å². The van der Waals surface area contributed by atoms with E-state index in [1.807, 2.05) is 0 Å². The first kappa shape index (κ1) is 28.9. The van der Waals surface area contributed by atoms with Gasteiger partial charge in [0.05, 0.1) is 22.8 Å². The molecule has 1 aliphatic rings. The number of carbonyl (C=O) groups excluding carboxylic acids is 1. The summed E-state index contributed by atoms with van der Waals surface area (Å²) in [6.07, 6.45) is -4.78. The van der Waals surface area contributed by atoms with Gasteiger partial charge in [0.25, 0.3) is 11.5 Å². The molecule has 1 N–H and O–H groups in total. The van der Waals surface area contributed by atoms with Gasteiger partial charge in [0.1, 0.15) is 5.56 Å². The van der Waals surface area contributed by atoms with E-state index in [1.54, 1.807) is 0 Å². The van der Waals surface area contributed by atoms with Crippen molar-refractivity contribution in [1.29, 1.82) is 0 Å². The summed E-state index contributed by atoms with van der Waals surface area (Å²) < 4.78 is 111. The van der Waals surface area contributed by atoms with E-state index in [2.05, 4.69) is 0 Å². The van der Waals surface area contributed by atoms with Gasteiger partial charge >= 0.3 is 33.2 Å². The number of nitrogens with one attached hydrogen (secondary N) is 1. The molecule has 0 bridgehead atoms. The van der Waals surface area contributed by atoms with E-state index in [9.17, 15) is 53.9 Å². The van der Waals surface area contributed by atoms with Gasteiger partial charge in [-0.1, -0.05) is 12.1 Å². The lowest BCUT2D eigenvalue weighted by Gasteiger charge is -2.19. The molecule has 1 amide bonds. The monoisotopic (exact) mass is 618 g/mol. The normalized spacial score (nSPS) is 15.6. The highest BCUT2D eigenvalue weighted by atomic mass is 32.2. The molecule has 0 fully saturated rings. The first-order chi connectivity index (χ1) is 19.4. The third-order valence-corrected chi connectivity index (χ3v) is 7.87. The number of fused-ring (bicyclic) bond motifs is 2. The number of sulfonamides is 1. The quantitative estimate of drug-likeness (QED) is 0.347. The summed E-state index contributed by atoms with van der Waals surface area (Å²) in [5, 5.41) is 0. The van der Waals surface area contributed by atoms with Crippen LogP contribution in [0.15, 0.2) is 61.4 Å². The lowest BCUT2D eigenvalue weighted by molar-refractivity contribution is -0.138. The summed E-state index contributed by atoms with van der Waals surface area (Å²) in [6.45, 7) is 0. The van der Waals surface area contributed by atoms with E-state index in [0.717, 1.165) is 27.5 Å². The maximum absolute atomic E-state index is 13.7. The Morgan fingerprint density at radius 3 is 2.38 bits per heavy atom. The van der Waals surface area contributed by atoms with Crippen molar-refractivity contribution in [2.75, 3.05) is 0 Å². The molecule has 18 heteroatoms. The zero-order valence-corrected chi connectivity index (χ0v) is 21.7. The molecule has 0 spiro atoms. The highest BCUT2D eigenvalue weighted by molar-refractivity contribution is 7.90. The number of rotatable bonds is 4. The molecule has 5 rings (SSSR count). The molecule has 1 aliphatic carbocycles. The minimum Gasteiger partial charge on any atom is -0.408 e. The number of hydrogen-bond donors (Lipinski definition) is 1. The fraction of sp³-hybridized carbons (Fsp3) is 0.250.